The van der Waals surface area contributed by atoms with Crippen LogP contribution in [0.3, 0.4) is 0 Å². The number of hydrogen-bond donors (Lipinski definition) is 0. The van der Waals surface area contributed by atoms with Crippen molar-refractivity contribution in [3.05, 3.63) is 148 Å². The Morgan fingerprint density at radius 3 is 1.17 bits per heavy atom. The maximum Gasteiger partial charge on any atom is 0.225 e. The van der Waals surface area contributed by atoms with Gasteiger partial charge in [-0.3, -0.25) is 0 Å². The third-order valence-corrected chi connectivity index (χ3v) is 7.94. The van der Waals surface area contributed by atoms with E-state index in [0.717, 1.165) is 36.3 Å². The van der Waals surface area contributed by atoms with Crippen LogP contribution in [-0.2, 0) is 25.7 Å². The molecule has 0 amide bonds. The molecule has 0 unspecified atom stereocenters. The smallest absolute Gasteiger partial charge is 0.225 e. The maximum absolute atomic E-state index is 5.87. The van der Waals surface area contributed by atoms with Crippen LogP contribution >= 0.6 is 11.6 Å². The SMILES string of the molecule is CC(C)(C)Cc1ccc(-c2ncco2)cc1.CC(C)(C)Cc1cccc(Cl)c1.Cc1ccc(CC(C)(C)C)cc1.Cc1ccc(CC(C)(C)C)cc1. The summed E-state index contributed by atoms with van der Waals surface area (Å²) >= 11 is 5.87. The largest absolute Gasteiger partial charge is 0.445 e. The first-order valence-electron chi connectivity index (χ1n) is 18.8. The van der Waals surface area contributed by atoms with Crippen LogP contribution in [0.15, 0.2) is 114 Å². The molecule has 0 aliphatic carbocycles. The fourth-order valence-electron chi connectivity index (χ4n) is 5.64. The minimum absolute atomic E-state index is 0.324. The van der Waals surface area contributed by atoms with Crippen molar-refractivity contribution in [3.8, 4) is 11.5 Å². The van der Waals surface area contributed by atoms with E-state index in [-0.39, 0.29) is 0 Å². The fourth-order valence-corrected chi connectivity index (χ4v) is 5.85. The van der Waals surface area contributed by atoms with Crippen molar-refractivity contribution < 1.29 is 4.42 Å². The maximum atomic E-state index is 5.87. The van der Waals surface area contributed by atoms with Gasteiger partial charge in [-0.15, -0.1) is 0 Å². The molecular weight excluding hydrogens is 654 g/mol. The third-order valence-electron chi connectivity index (χ3n) is 7.70. The molecule has 0 N–H and O–H groups in total. The van der Waals surface area contributed by atoms with Crippen molar-refractivity contribution in [2.75, 3.05) is 0 Å². The van der Waals surface area contributed by atoms with Gasteiger partial charge >= 0.3 is 0 Å². The predicted octanol–water partition coefficient (Wildman–Crippen LogP) is 15.0. The summed E-state index contributed by atoms with van der Waals surface area (Å²) in [5.74, 6) is 0.683. The number of aromatic nitrogens is 1. The summed E-state index contributed by atoms with van der Waals surface area (Å²) in [6.07, 6.45) is 7.74. The quantitative estimate of drug-likeness (QED) is 0.181. The summed E-state index contributed by atoms with van der Waals surface area (Å²) in [5, 5.41) is 0.830. The van der Waals surface area contributed by atoms with Gasteiger partial charge in [0.1, 0.15) is 6.26 Å². The van der Waals surface area contributed by atoms with E-state index in [9.17, 15) is 0 Å². The molecule has 5 rings (SSSR count). The second kappa shape index (κ2) is 20.0. The van der Waals surface area contributed by atoms with Crippen molar-refractivity contribution >= 4 is 11.6 Å². The Bertz CT molecular complexity index is 1630. The fraction of sp³-hybridized carbons (Fsp3) is 0.449. The molecule has 0 aliphatic heterocycles. The molecule has 0 aliphatic rings. The van der Waals surface area contributed by atoms with Crippen LogP contribution in [0.5, 0.6) is 0 Å². The van der Waals surface area contributed by atoms with Crippen molar-refractivity contribution in [1.82, 2.24) is 4.98 Å². The molecule has 52 heavy (non-hydrogen) atoms. The van der Waals surface area contributed by atoms with Gasteiger partial charge in [-0.2, -0.15) is 0 Å². The second-order valence-electron chi connectivity index (χ2n) is 19.1. The first-order chi connectivity index (χ1) is 24.0. The Hall–Kier alpha value is -3.62. The van der Waals surface area contributed by atoms with Crippen LogP contribution in [0.1, 0.15) is 116 Å². The van der Waals surface area contributed by atoms with Gasteiger partial charge in [0, 0.05) is 10.6 Å². The summed E-state index contributed by atoms with van der Waals surface area (Å²) in [7, 11) is 0. The lowest BCUT2D eigenvalue weighted by molar-refractivity contribution is 0.411. The van der Waals surface area contributed by atoms with E-state index < -0.39 is 0 Å². The lowest BCUT2D eigenvalue weighted by Crippen LogP contribution is -2.08. The summed E-state index contributed by atoms with van der Waals surface area (Å²) in [6.45, 7) is 31.3. The first kappa shape index (κ1) is 44.5. The molecule has 1 aromatic heterocycles. The van der Waals surface area contributed by atoms with Gasteiger partial charge in [-0.1, -0.05) is 179 Å². The number of benzene rings is 4. The minimum atomic E-state index is 0.324. The van der Waals surface area contributed by atoms with Gasteiger partial charge in [0.05, 0.1) is 6.20 Å². The van der Waals surface area contributed by atoms with Crippen LogP contribution in [0.2, 0.25) is 5.02 Å². The van der Waals surface area contributed by atoms with E-state index in [1.807, 2.05) is 18.2 Å². The Labute approximate surface area is 323 Å². The van der Waals surface area contributed by atoms with E-state index in [1.54, 1.807) is 12.5 Å². The highest BCUT2D eigenvalue weighted by Crippen LogP contribution is 2.25. The molecule has 0 fully saturated rings. The molecule has 4 aromatic carbocycles. The second-order valence-corrected chi connectivity index (χ2v) is 19.5. The lowest BCUT2D eigenvalue weighted by Gasteiger charge is -2.17. The zero-order valence-electron chi connectivity index (χ0n) is 35.0. The van der Waals surface area contributed by atoms with Crippen LogP contribution in [-0.4, -0.2) is 4.98 Å². The standard InChI is InChI=1S/C14H17NO.2C12H18.C11H15Cl/c1-14(2,3)10-11-4-6-12(7-5-11)13-15-8-9-16-13;2*1-10-5-7-11(8-6-10)9-12(2,3)4;1-11(2,3)8-9-5-4-6-10(12)7-9/h4-9H,10H2,1-3H3;2*5-8H,9H2,1-4H3;4-7H,8H2,1-3H3. The van der Waals surface area contributed by atoms with Gasteiger partial charge < -0.3 is 4.42 Å². The van der Waals surface area contributed by atoms with Gasteiger partial charge in [0.25, 0.3) is 0 Å². The van der Waals surface area contributed by atoms with E-state index in [2.05, 4.69) is 181 Å². The molecule has 2 nitrogen and oxygen atoms in total. The Balaban J connectivity index is 0.000000242. The molecule has 0 radical (unpaired) electrons. The van der Waals surface area contributed by atoms with Crippen molar-refractivity contribution in [3.63, 3.8) is 0 Å². The average molecular weight is 723 g/mol. The molecular formula is C49H68ClNO. The Morgan fingerprint density at radius 2 is 0.846 bits per heavy atom. The zero-order valence-corrected chi connectivity index (χ0v) is 35.7. The summed E-state index contributed by atoms with van der Waals surface area (Å²) in [5.41, 5.74) is 10.7. The van der Waals surface area contributed by atoms with E-state index in [4.69, 9.17) is 16.0 Å². The molecule has 0 saturated carbocycles. The summed E-state index contributed by atoms with van der Waals surface area (Å²) in [4.78, 5) is 4.12. The minimum Gasteiger partial charge on any atom is -0.445 e. The number of hydrogen-bond acceptors (Lipinski definition) is 2. The zero-order chi connectivity index (χ0) is 39.2. The topological polar surface area (TPSA) is 26.0 Å². The van der Waals surface area contributed by atoms with Crippen molar-refractivity contribution in [2.24, 2.45) is 21.7 Å². The van der Waals surface area contributed by atoms with Gasteiger partial charge in [0.2, 0.25) is 5.89 Å². The molecule has 0 spiro atoms. The Morgan fingerprint density at radius 1 is 0.481 bits per heavy atom. The average Bonchev–Trinajstić information content (AvgIpc) is 3.53. The molecule has 5 aromatic rings. The number of nitrogens with zero attached hydrogens (tertiary/aromatic N) is 1. The van der Waals surface area contributed by atoms with Crippen LogP contribution in [0, 0.1) is 35.5 Å². The highest BCUT2D eigenvalue weighted by molar-refractivity contribution is 6.30. The van der Waals surface area contributed by atoms with E-state index in [1.165, 1.54) is 33.4 Å². The van der Waals surface area contributed by atoms with Crippen LogP contribution < -0.4 is 0 Å². The molecule has 0 bridgehead atoms. The highest BCUT2D eigenvalue weighted by Gasteiger charge is 2.13. The van der Waals surface area contributed by atoms with Gasteiger partial charge in [-0.05, 0) is 108 Å². The predicted molar refractivity (Wildman–Crippen MR) is 228 cm³/mol. The highest BCUT2D eigenvalue weighted by atomic mass is 35.5. The van der Waals surface area contributed by atoms with Gasteiger partial charge in [-0.25, -0.2) is 4.98 Å². The van der Waals surface area contributed by atoms with Gasteiger partial charge in [0.15, 0.2) is 0 Å². The molecule has 282 valence electrons. The van der Waals surface area contributed by atoms with Crippen LogP contribution in [0.4, 0.5) is 0 Å². The van der Waals surface area contributed by atoms with E-state index in [0.29, 0.717) is 27.6 Å². The van der Waals surface area contributed by atoms with Crippen LogP contribution in [0.25, 0.3) is 11.5 Å². The third kappa shape index (κ3) is 21.0. The number of halogens is 1. The summed E-state index contributed by atoms with van der Waals surface area (Å²) in [6, 6.07) is 34.1. The molecule has 0 atom stereocenters. The number of aryl methyl sites for hydroxylation is 2. The Kier molecular flexibility index (Phi) is 17.1. The summed E-state index contributed by atoms with van der Waals surface area (Å²) < 4.78 is 5.25. The molecule has 3 heteroatoms. The van der Waals surface area contributed by atoms with Crippen molar-refractivity contribution in [2.45, 2.75) is 123 Å². The number of rotatable bonds is 5. The van der Waals surface area contributed by atoms with Crippen molar-refractivity contribution in [1.29, 1.82) is 0 Å². The lowest BCUT2D eigenvalue weighted by atomic mass is 9.88. The first-order valence-corrected chi connectivity index (χ1v) is 19.2. The number of oxazole rings is 1. The monoisotopic (exact) mass is 721 g/mol. The normalized spacial score (nSPS) is 11.7. The molecule has 0 saturated heterocycles. The molecule has 1 heterocycles. The van der Waals surface area contributed by atoms with E-state index >= 15 is 0 Å².